The van der Waals surface area contributed by atoms with Crippen LogP contribution in [0.5, 0.6) is 0 Å². The Morgan fingerprint density at radius 2 is 1.36 bits per heavy atom. The Morgan fingerprint density at radius 1 is 0.955 bits per heavy atom. The van der Waals surface area contributed by atoms with Gasteiger partial charge < -0.3 is 0 Å². The van der Waals surface area contributed by atoms with Crippen LogP contribution in [0, 0.1) is 48.8 Å². The van der Waals surface area contributed by atoms with Crippen molar-refractivity contribution in [3.8, 4) is 5.13 Å². The lowest BCUT2D eigenvalue weighted by Crippen LogP contribution is -2.68. The first-order chi connectivity index (χ1) is 9.93. The molecule has 2 aromatic heterocycles. The maximum Gasteiger partial charge on any atom is 0.413 e. The van der Waals surface area contributed by atoms with Gasteiger partial charge in [0.05, 0.1) is 5.10 Å². The molecular formula is C12H16ClN3O4S2. The van der Waals surface area contributed by atoms with E-state index < -0.39 is 10.2 Å². The Hall–Kier alpha value is -0.940. The van der Waals surface area contributed by atoms with E-state index in [1.54, 1.807) is 0 Å². The number of nitrogens with zero attached hydrogens (tertiary/aromatic N) is 2. The minimum absolute atomic E-state index is 0.710. The van der Waals surface area contributed by atoms with Crippen LogP contribution >= 0.6 is 23.6 Å². The van der Waals surface area contributed by atoms with Gasteiger partial charge in [-0.3, -0.25) is 0 Å². The first-order valence-corrected chi connectivity index (χ1v) is 8.56. The molecule has 0 radical (unpaired) electrons. The first kappa shape index (κ1) is 19.1. The summed E-state index contributed by atoms with van der Waals surface area (Å²) in [6, 6.07) is 0. The standard InChI is InChI=1S/C12H15N3S2.ClHO4/c1-6-7(2)9(4)15(10(5)8(6)3)11-13-14-12(16)17-11;2-1(3,4)5/h1-5H3;(H,2,3,4,5). The molecule has 2 aromatic rings. The number of hydrogen-bond donors (Lipinski definition) is 1. The Labute approximate surface area is 139 Å². The molecule has 0 atom stereocenters. The molecular weight excluding hydrogens is 350 g/mol. The van der Waals surface area contributed by atoms with Gasteiger partial charge in [0.1, 0.15) is 11.4 Å². The molecule has 0 amide bonds. The molecule has 0 aliphatic heterocycles. The minimum atomic E-state index is -4.94. The lowest BCUT2D eigenvalue weighted by atomic mass is 10.0. The van der Waals surface area contributed by atoms with Gasteiger partial charge in [-0.05, 0) is 74.9 Å². The fraction of sp³-hybridized carbons (Fsp3) is 0.417. The van der Waals surface area contributed by atoms with Gasteiger partial charge in [-0.15, -0.1) is 10.2 Å². The third-order valence-corrected chi connectivity index (χ3v) is 4.57. The molecule has 2 rings (SSSR count). The molecule has 0 saturated carbocycles. The average Bonchev–Trinajstić information content (AvgIpc) is 2.79. The quantitative estimate of drug-likeness (QED) is 0.472. The molecule has 0 aromatic carbocycles. The first-order valence-electron chi connectivity index (χ1n) is 6.10. The predicted octanol–water partition coefficient (Wildman–Crippen LogP) is -1.74. The van der Waals surface area contributed by atoms with Gasteiger partial charge in [0.2, 0.25) is 3.95 Å². The van der Waals surface area contributed by atoms with Crippen LogP contribution < -0.4 is 23.2 Å². The van der Waals surface area contributed by atoms with Crippen LogP contribution in [0.25, 0.3) is 5.13 Å². The van der Waals surface area contributed by atoms with Crippen molar-refractivity contribution in [2.24, 2.45) is 0 Å². The molecule has 0 aliphatic rings. The van der Waals surface area contributed by atoms with E-state index in [1.165, 1.54) is 39.4 Å². The molecule has 0 unspecified atom stereocenters. The number of halogens is 1. The van der Waals surface area contributed by atoms with E-state index in [0.29, 0.717) is 3.95 Å². The molecule has 0 bridgehead atoms. The second-order valence-electron chi connectivity index (χ2n) is 4.65. The number of aromatic amines is 1. The number of nitrogens with one attached hydrogen (secondary N) is 1. The largest absolute Gasteiger partial charge is 0.413 e. The van der Waals surface area contributed by atoms with Gasteiger partial charge in [0.25, 0.3) is 0 Å². The van der Waals surface area contributed by atoms with Crippen LogP contribution in [0.1, 0.15) is 28.1 Å². The molecule has 0 saturated heterocycles. The number of rotatable bonds is 1. The minimum Gasteiger partial charge on any atom is -0.222 e. The highest BCUT2D eigenvalue weighted by atomic mass is 35.7. The van der Waals surface area contributed by atoms with E-state index in [2.05, 4.69) is 49.4 Å². The third-order valence-electron chi connectivity index (χ3n) is 3.50. The molecule has 2 heterocycles. The lowest BCUT2D eigenvalue weighted by Gasteiger charge is -2.17. The second-order valence-corrected chi connectivity index (χ2v) is 7.06. The van der Waals surface area contributed by atoms with Crippen LogP contribution in [0.4, 0.5) is 0 Å². The van der Waals surface area contributed by atoms with E-state index in [1.807, 2.05) is 0 Å². The average molecular weight is 366 g/mol. The molecule has 122 valence electrons. The zero-order chi connectivity index (χ0) is 17.2. The second kappa shape index (κ2) is 7.09. The zero-order valence-electron chi connectivity index (χ0n) is 12.7. The number of aromatic nitrogens is 3. The normalized spacial score (nSPS) is 11.1. The van der Waals surface area contributed by atoms with Crippen LogP contribution in [-0.2, 0) is 0 Å². The highest BCUT2D eigenvalue weighted by Crippen LogP contribution is 2.18. The Kier molecular flexibility index (Phi) is 6.16. The van der Waals surface area contributed by atoms with Crippen molar-refractivity contribution >= 4 is 23.6 Å². The van der Waals surface area contributed by atoms with Crippen LogP contribution in [0.2, 0.25) is 0 Å². The van der Waals surface area contributed by atoms with Gasteiger partial charge in [-0.25, -0.2) is 18.6 Å². The summed E-state index contributed by atoms with van der Waals surface area (Å²) in [5.74, 6) is 0. The van der Waals surface area contributed by atoms with Crippen molar-refractivity contribution in [1.82, 2.24) is 10.2 Å². The SMILES string of the molecule is Cc1c(C)c(C)[n+](-c2n[nH]c(=S)s2)c(C)c1C.[O-][Cl+3]([O-])([O-])[O-]. The highest BCUT2D eigenvalue weighted by Gasteiger charge is 2.21. The van der Waals surface area contributed by atoms with Crippen molar-refractivity contribution in [2.45, 2.75) is 34.6 Å². The fourth-order valence-electron chi connectivity index (χ4n) is 2.02. The summed E-state index contributed by atoms with van der Waals surface area (Å²) < 4.78 is 36.9. The van der Waals surface area contributed by atoms with Gasteiger partial charge in [0.15, 0.2) is 0 Å². The van der Waals surface area contributed by atoms with Crippen molar-refractivity contribution < 1.29 is 33.4 Å². The number of H-pyrrole nitrogens is 1. The summed E-state index contributed by atoms with van der Waals surface area (Å²) in [6.45, 7) is 10.7. The maximum atomic E-state index is 8.49. The molecule has 10 heteroatoms. The highest BCUT2D eigenvalue weighted by molar-refractivity contribution is 7.73. The summed E-state index contributed by atoms with van der Waals surface area (Å²) in [5.41, 5.74) is 6.44. The molecule has 0 aliphatic carbocycles. The summed E-state index contributed by atoms with van der Waals surface area (Å²) in [4.78, 5) is 0. The van der Waals surface area contributed by atoms with Gasteiger partial charge >= 0.3 is 5.13 Å². The number of hydrogen-bond acceptors (Lipinski definition) is 7. The van der Waals surface area contributed by atoms with Gasteiger partial charge in [-0.2, -0.15) is 9.67 Å². The van der Waals surface area contributed by atoms with Crippen molar-refractivity contribution in [3.63, 3.8) is 0 Å². The Bertz CT molecular complexity index is 702. The van der Waals surface area contributed by atoms with Crippen LogP contribution in [0.3, 0.4) is 0 Å². The van der Waals surface area contributed by atoms with Crippen LogP contribution in [-0.4, -0.2) is 10.2 Å². The van der Waals surface area contributed by atoms with E-state index in [-0.39, 0.29) is 0 Å². The number of pyridine rings is 1. The maximum absolute atomic E-state index is 8.49. The predicted molar refractivity (Wildman–Crippen MR) is 72.5 cm³/mol. The molecule has 0 spiro atoms. The summed E-state index contributed by atoms with van der Waals surface area (Å²) >= 11 is 6.60. The summed E-state index contributed by atoms with van der Waals surface area (Å²) in [6.07, 6.45) is 0. The summed E-state index contributed by atoms with van der Waals surface area (Å²) in [5, 5.41) is 8.02. The molecule has 7 nitrogen and oxygen atoms in total. The van der Waals surface area contributed by atoms with E-state index in [4.69, 9.17) is 30.9 Å². The Morgan fingerprint density at radius 3 is 1.68 bits per heavy atom. The van der Waals surface area contributed by atoms with E-state index >= 15 is 0 Å². The molecule has 1 N–H and O–H groups in total. The fourth-order valence-corrected chi connectivity index (χ4v) is 3.00. The van der Waals surface area contributed by atoms with Crippen molar-refractivity contribution in [3.05, 3.63) is 32.0 Å². The van der Waals surface area contributed by atoms with Crippen molar-refractivity contribution in [2.75, 3.05) is 0 Å². The third kappa shape index (κ3) is 4.78. The van der Waals surface area contributed by atoms with E-state index in [9.17, 15) is 0 Å². The molecule has 0 fully saturated rings. The Balaban J connectivity index is 0.000000422. The van der Waals surface area contributed by atoms with Gasteiger partial charge in [-0.1, -0.05) is 0 Å². The van der Waals surface area contributed by atoms with Crippen molar-refractivity contribution in [1.29, 1.82) is 0 Å². The van der Waals surface area contributed by atoms with Gasteiger partial charge in [0, 0.05) is 0 Å². The topological polar surface area (TPSA) is 125 Å². The van der Waals surface area contributed by atoms with E-state index in [0.717, 1.165) is 5.13 Å². The zero-order valence-corrected chi connectivity index (χ0v) is 15.1. The monoisotopic (exact) mass is 365 g/mol. The smallest absolute Gasteiger partial charge is 0.222 e. The summed E-state index contributed by atoms with van der Waals surface area (Å²) in [7, 11) is -4.94. The lowest BCUT2D eigenvalue weighted by molar-refractivity contribution is -2.00. The molecule has 22 heavy (non-hydrogen) atoms. The van der Waals surface area contributed by atoms with Crippen LogP contribution in [0.15, 0.2) is 0 Å².